The minimum Gasteiger partial charge on any atom is -0.481 e. The van der Waals surface area contributed by atoms with Crippen LogP contribution in [0.15, 0.2) is 42.5 Å². The summed E-state index contributed by atoms with van der Waals surface area (Å²) in [5.41, 5.74) is 0.478. The maximum absolute atomic E-state index is 12.5. The Kier molecular flexibility index (Phi) is 10.1. The van der Waals surface area contributed by atoms with Crippen molar-refractivity contribution in [1.29, 1.82) is 0 Å². The molecule has 11 unspecified atom stereocenters. The highest BCUT2D eigenvalue weighted by atomic mass is 16.5. The van der Waals surface area contributed by atoms with Gasteiger partial charge < -0.3 is 14.9 Å². The van der Waals surface area contributed by atoms with E-state index in [0.29, 0.717) is 30.1 Å². The van der Waals surface area contributed by atoms with Crippen molar-refractivity contribution in [2.45, 2.75) is 150 Å². The molecule has 5 nitrogen and oxygen atoms in total. The van der Waals surface area contributed by atoms with Crippen LogP contribution in [-0.4, -0.2) is 33.9 Å². The van der Waals surface area contributed by atoms with Gasteiger partial charge in [-0.25, -0.2) is 0 Å². The van der Waals surface area contributed by atoms with Crippen molar-refractivity contribution in [3.8, 4) is 0 Å². The van der Waals surface area contributed by atoms with Crippen LogP contribution in [-0.2, 0) is 14.3 Å². The first-order valence-corrected chi connectivity index (χ1v) is 19.7. The monoisotopic (exact) mass is 672 g/mol. The molecule has 0 saturated heterocycles. The predicted molar refractivity (Wildman–Crippen MR) is 198 cm³/mol. The first-order valence-electron chi connectivity index (χ1n) is 19.7. The average Bonchev–Trinajstić information content (AvgIpc) is 3.40. The van der Waals surface area contributed by atoms with E-state index in [-0.39, 0.29) is 23.4 Å². The molecule has 4 aliphatic carbocycles. The number of carbonyl (C=O) groups is 2. The van der Waals surface area contributed by atoms with Gasteiger partial charge in [0.15, 0.2) is 0 Å². The van der Waals surface area contributed by atoms with Gasteiger partial charge in [0.05, 0.1) is 17.1 Å². The molecule has 0 aliphatic heterocycles. The Morgan fingerprint density at radius 1 is 0.898 bits per heavy atom. The van der Waals surface area contributed by atoms with E-state index in [2.05, 4.69) is 77.1 Å². The fourth-order valence-corrected chi connectivity index (χ4v) is 12.8. The van der Waals surface area contributed by atoms with Crippen molar-refractivity contribution in [2.24, 2.45) is 51.8 Å². The fraction of sp³-hybridized carbons (Fsp3) is 0.727. The Morgan fingerprint density at radius 2 is 1.59 bits per heavy atom. The van der Waals surface area contributed by atoms with Crippen molar-refractivity contribution >= 4 is 22.7 Å². The molecule has 49 heavy (non-hydrogen) atoms. The van der Waals surface area contributed by atoms with Gasteiger partial charge in [-0.15, -0.1) is 0 Å². The molecule has 0 radical (unpaired) electrons. The molecule has 4 aliphatic rings. The maximum Gasteiger partial charge on any atom is 0.309 e. The molecule has 11 atom stereocenters. The number of ether oxygens (including phenoxy) is 1. The number of aliphatic carboxylic acids is 2. The molecule has 0 amide bonds. The molecule has 0 heterocycles. The van der Waals surface area contributed by atoms with E-state index < -0.39 is 23.0 Å². The molecule has 2 N–H and O–H groups in total. The van der Waals surface area contributed by atoms with Crippen LogP contribution in [0.2, 0.25) is 0 Å². The van der Waals surface area contributed by atoms with E-state index >= 15 is 0 Å². The molecule has 2 aromatic carbocycles. The van der Waals surface area contributed by atoms with E-state index in [1.807, 2.05) is 13.8 Å². The second kappa shape index (κ2) is 13.6. The van der Waals surface area contributed by atoms with Crippen LogP contribution in [0, 0.1) is 51.8 Å². The van der Waals surface area contributed by atoms with Crippen LogP contribution in [0.1, 0.15) is 143 Å². The molecular formula is C44H64O5. The molecule has 4 fully saturated rings. The third-order valence-corrected chi connectivity index (χ3v) is 15.1. The van der Waals surface area contributed by atoms with Crippen LogP contribution in [0.25, 0.3) is 10.8 Å². The number of hydrogen-bond acceptors (Lipinski definition) is 3. The first-order chi connectivity index (χ1) is 23.1. The maximum atomic E-state index is 12.5. The highest BCUT2D eigenvalue weighted by Gasteiger charge is 2.61. The molecule has 270 valence electrons. The van der Waals surface area contributed by atoms with Crippen molar-refractivity contribution in [3.05, 3.63) is 48.0 Å². The summed E-state index contributed by atoms with van der Waals surface area (Å²) in [5, 5.41) is 22.3. The Labute approximate surface area is 296 Å². The lowest BCUT2D eigenvalue weighted by molar-refractivity contribution is -0.177. The van der Waals surface area contributed by atoms with E-state index in [1.165, 1.54) is 61.3 Å². The van der Waals surface area contributed by atoms with Gasteiger partial charge in [0.2, 0.25) is 0 Å². The van der Waals surface area contributed by atoms with Crippen molar-refractivity contribution in [2.75, 3.05) is 0 Å². The fourth-order valence-electron chi connectivity index (χ4n) is 12.8. The van der Waals surface area contributed by atoms with Crippen molar-refractivity contribution < 1.29 is 24.5 Å². The van der Waals surface area contributed by atoms with Crippen molar-refractivity contribution in [1.82, 2.24) is 0 Å². The summed E-state index contributed by atoms with van der Waals surface area (Å²) in [6, 6.07) is 15.3. The third-order valence-electron chi connectivity index (χ3n) is 15.1. The molecule has 0 spiro atoms. The van der Waals surface area contributed by atoms with Gasteiger partial charge in [0, 0.05) is 6.42 Å². The normalized spacial score (nSPS) is 35.4. The van der Waals surface area contributed by atoms with Gasteiger partial charge in [0.1, 0.15) is 0 Å². The lowest BCUT2D eigenvalue weighted by Gasteiger charge is -2.61. The lowest BCUT2D eigenvalue weighted by Crippen LogP contribution is -2.55. The lowest BCUT2D eigenvalue weighted by atomic mass is 9.44. The van der Waals surface area contributed by atoms with E-state index in [1.54, 1.807) is 0 Å². The largest absolute Gasteiger partial charge is 0.481 e. The number of rotatable bonds is 12. The topological polar surface area (TPSA) is 83.8 Å². The first kappa shape index (κ1) is 36.4. The summed E-state index contributed by atoms with van der Waals surface area (Å²) in [6.45, 7) is 15.5. The summed E-state index contributed by atoms with van der Waals surface area (Å²) in [7, 11) is 0. The molecule has 5 heteroatoms. The van der Waals surface area contributed by atoms with Crippen LogP contribution >= 0.6 is 0 Å². The SMILES string of the molecule is CCC(CC(C)(CC(C)(C)C(=O)O)OC1CCC2(C)C(CCC3C2CCC2(C)C(C(C)CC(=O)O)CCC32)C1)c1ccc2ccccc2c1. The standard InChI is InChI=1S/C44H64O5/c1-8-29(32-14-13-30-11-9-10-12-31(30)24-32)26-42(5,27-41(3,4)40(47)48)49-34-19-21-43(6)33(25-34)15-16-35-37-18-17-36(28(2)23-39(45)46)44(37,7)22-20-38(35)43/h9-14,24,28-29,33-38H,8,15-23,25-27H2,1-7H3,(H,45,46)(H,47,48). The second-order valence-electron chi connectivity index (χ2n) is 18.7. The molecule has 0 aromatic heterocycles. The molecule has 0 bridgehead atoms. The van der Waals surface area contributed by atoms with Gasteiger partial charge in [-0.3, -0.25) is 9.59 Å². The zero-order chi connectivity index (χ0) is 35.4. The summed E-state index contributed by atoms with van der Waals surface area (Å²) in [4.78, 5) is 24.1. The van der Waals surface area contributed by atoms with E-state index in [9.17, 15) is 19.8 Å². The number of benzene rings is 2. The number of fused-ring (bicyclic) bond motifs is 6. The predicted octanol–water partition coefficient (Wildman–Crippen LogP) is 11.1. The second-order valence-corrected chi connectivity index (χ2v) is 18.7. The summed E-state index contributed by atoms with van der Waals surface area (Å²) in [5.74, 6) is 2.51. The number of hydrogen-bond donors (Lipinski definition) is 2. The summed E-state index contributed by atoms with van der Waals surface area (Å²) >= 11 is 0. The zero-order valence-corrected chi connectivity index (χ0v) is 31.5. The van der Waals surface area contributed by atoms with Gasteiger partial charge >= 0.3 is 11.9 Å². The van der Waals surface area contributed by atoms with Crippen LogP contribution in [0.5, 0.6) is 0 Å². The van der Waals surface area contributed by atoms with Gasteiger partial charge in [0.25, 0.3) is 0 Å². The number of carboxylic acid groups (broad SMARTS) is 2. The Bertz CT molecular complexity index is 1510. The van der Waals surface area contributed by atoms with E-state index in [0.717, 1.165) is 43.4 Å². The third kappa shape index (κ3) is 6.96. The average molecular weight is 673 g/mol. The van der Waals surface area contributed by atoms with Gasteiger partial charge in [-0.05, 0) is 166 Å². The summed E-state index contributed by atoms with van der Waals surface area (Å²) in [6.07, 6.45) is 13.6. The van der Waals surface area contributed by atoms with E-state index in [4.69, 9.17) is 4.74 Å². The van der Waals surface area contributed by atoms with Gasteiger partial charge in [-0.2, -0.15) is 0 Å². The Hall–Kier alpha value is -2.40. The van der Waals surface area contributed by atoms with Crippen LogP contribution < -0.4 is 0 Å². The van der Waals surface area contributed by atoms with Crippen LogP contribution in [0.3, 0.4) is 0 Å². The highest BCUT2D eigenvalue weighted by Crippen LogP contribution is 2.68. The minimum atomic E-state index is -0.881. The zero-order valence-electron chi connectivity index (χ0n) is 31.5. The molecular weight excluding hydrogens is 608 g/mol. The smallest absolute Gasteiger partial charge is 0.309 e. The van der Waals surface area contributed by atoms with Gasteiger partial charge in [-0.1, -0.05) is 70.2 Å². The number of carboxylic acids is 2. The highest BCUT2D eigenvalue weighted by molar-refractivity contribution is 5.83. The molecule has 2 aromatic rings. The molecule has 4 saturated carbocycles. The van der Waals surface area contributed by atoms with Crippen molar-refractivity contribution in [3.63, 3.8) is 0 Å². The summed E-state index contributed by atoms with van der Waals surface area (Å²) < 4.78 is 7.28. The minimum absolute atomic E-state index is 0.153. The Morgan fingerprint density at radius 3 is 2.29 bits per heavy atom. The quantitative estimate of drug-likeness (QED) is 0.234. The Balaban J connectivity index is 1.18. The molecule has 6 rings (SSSR count). The van der Waals surface area contributed by atoms with Crippen LogP contribution in [0.4, 0.5) is 0 Å².